The first kappa shape index (κ1) is 14.2. The molecule has 1 aliphatic heterocycles. The lowest BCUT2D eigenvalue weighted by molar-refractivity contribution is -0.138. The topological polar surface area (TPSA) is 50.4 Å². The van der Waals surface area contributed by atoms with Crippen molar-refractivity contribution in [1.82, 2.24) is 10.6 Å². The van der Waals surface area contributed by atoms with Gasteiger partial charge in [-0.3, -0.25) is 4.79 Å². The van der Waals surface area contributed by atoms with Gasteiger partial charge in [-0.1, -0.05) is 0 Å². The molecule has 1 aliphatic rings. The fourth-order valence-electron chi connectivity index (χ4n) is 1.63. The highest BCUT2D eigenvalue weighted by molar-refractivity contribution is 5.78. The van der Waals surface area contributed by atoms with Gasteiger partial charge in [0.15, 0.2) is 0 Å². The zero-order chi connectivity index (χ0) is 12.9. The largest absolute Gasteiger partial charge is 0.405 e. The minimum atomic E-state index is -4.37. The number of hydrogen-bond donors (Lipinski definition) is 2. The molecule has 1 amide bonds. The third kappa shape index (κ3) is 5.88. The third-order valence-corrected chi connectivity index (χ3v) is 2.60. The van der Waals surface area contributed by atoms with Gasteiger partial charge in [-0.05, 0) is 19.8 Å². The fraction of sp³-hybridized carbons (Fsp3) is 0.900. The Kier molecular flexibility index (Phi) is 4.76. The van der Waals surface area contributed by atoms with E-state index in [0.717, 1.165) is 12.8 Å². The van der Waals surface area contributed by atoms with Gasteiger partial charge in [-0.2, -0.15) is 13.2 Å². The third-order valence-electron chi connectivity index (χ3n) is 2.60. The van der Waals surface area contributed by atoms with Crippen molar-refractivity contribution in [3.05, 3.63) is 0 Å². The van der Waals surface area contributed by atoms with Gasteiger partial charge in [-0.15, -0.1) is 0 Å². The fourth-order valence-corrected chi connectivity index (χ4v) is 1.63. The molecule has 0 spiro atoms. The van der Waals surface area contributed by atoms with Gasteiger partial charge in [0.1, 0.15) is 6.54 Å². The summed E-state index contributed by atoms with van der Waals surface area (Å²) in [6, 6.07) is 0. The standard InChI is InChI=1S/C10H17F3N2O2/c1-9(3-2-4-17-7-9)15-5-8(16)14-6-10(11,12)13/h15H,2-7H2,1H3,(H,14,16). The van der Waals surface area contributed by atoms with E-state index in [1.165, 1.54) is 0 Å². The van der Waals surface area contributed by atoms with Crippen molar-refractivity contribution in [2.75, 3.05) is 26.3 Å². The van der Waals surface area contributed by atoms with E-state index in [9.17, 15) is 18.0 Å². The van der Waals surface area contributed by atoms with Crippen molar-refractivity contribution in [3.63, 3.8) is 0 Å². The zero-order valence-electron chi connectivity index (χ0n) is 9.69. The van der Waals surface area contributed by atoms with Crippen LogP contribution in [0.1, 0.15) is 19.8 Å². The summed E-state index contributed by atoms with van der Waals surface area (Å²) < 4.78 is 40.8. The van der Waals surface area contributed by atoms with Gasteiger partial charge in [0, 0.05) is 12.1 Å². The molecule has 1 fully saturated rings. The Morgan fingerprint density at radius 2 is 2.18 bits per heavy atom. The maximum atomic E-state index is 11.8. The lowest BCUT2D eigenvalue weighted by Crippen LogP contribution is -2.52. The number of carbonyl (C=O) groups excluding carboxylic acids is 1. The molecule has 100 valence electrons. The number of carbonyl (C=O) groups is 1. The van der Waals surface area contributed by atoms with Crippen molar-refractivity contribution in [2.45, 2.75) is 31.5 Å². The van der Waals surface area contributed by atoms with E-state index in [1.807, 2.05) is 12.2 Å². The minimum Gasteiger partial charge on any atom is -0.380 e. The number of ether oxygens (including phenoxy) is 1. The number of halogens is 3. The highest BCUT2D eigenvalue weighted by Gasteiger charge is 2.29. The van der Waals surface area contributed by atoms with Gasteiger partial charge in [0.05, 0.1) is 13.2 Å². The van der Waals surface area contributed by atoms with E-state index < -0.39 is 18.6 Å². The molecule has 17 heavy (non-hydrogen) atoms. The van der Waals surface area contributed by atoms with E-state index in [4.69, 9.17) is 4.74 Å². The van der Waals surface area contributed by atoms with Gasteiger partial charge in [0.25, 0.3) is 0 Å². The Morgan fingerprint density at radius 3 is 2.71 bits per heavy atom. The molecule has 1 rings (SSSR count). The maximum Gasteiger partial charge on any atom is 0.405 e. The highest BCUT2D eigenvalue weighted by atomic mass is 19.4. The number of nitrogens with one attached hydrogen (secondary N) is 2. The SMILES string of the molecule is CC1(NCC(=O)NCC(F)(F)F)CCCOC1. The first-order valence-corrected chi connectivity index (χ1v) is 5.47. The summed E-state index contributed by atoms with van der Waals surface area (Å²) in [5, 5.41) is 4.74. The van der Waals surface area contributed by atoms with E-state index in [-0.39, 0.29) is 12.1 Å². The van der Waals surface area contributed by atoms with Crippen LogP contribution in [0.15, 0.2) is 0 Å². The Hall–Kier alpha value is -0.820. The zero-order valence-corrected chi connectivity index (χ0v) is 9.69. The van der Waals surface area contributed by atoms with Crippen LogP contribution < -0.4 is 10.6 Å². The van der Waals surface area contributed by atoms with Crippen LogP contribution in [0.5, 0.6) is 0 Å². The number of amides is 1. The quantitative estimate of drug-likeness (QED) is 0.781. The first-order chi connectivity index (χ1) is 7.81. The highest BCUT2D eigenvalue weighted by Crippen LogP contribution is 2.17. The van der Waals surface area contributed by atoms with Crippen LogP contribution >= 0.6 is 0 Å². The van der Waals surface area contributed by atoms with Crippen LogP contribution in [0.4, 0.5) is 13.2 Å². The average Bonchev–Trinajstić information content (AvgIpc) is 2.24. The maximum absolute atomic E-state index is 11.8. The molecule has 1 saturated heterocycles. The summed E-state index contributed by atoms with van der Waals surface area (Å²) in [5.41, 5.74) is -0.326. The number of rotatable bonds is 4. The smallest absolute Gasteiger partial charge is 0.380 e. The van der Waals surface area contributed by atoms with Crippen molar-refractivity contribution in [1.29, 1.82) is 0 Å². The molecular formula is C10H17F3N2O2. The molecule has 0 aliphatic carbocycles. The van der Waals surface area contributed by atoms with Gasteiger partial charge < -0.3 is 15.4 Å². The van der Waals surface area contributed by atoms with E-state index >= 15 is 0 Å². The van der Waals surface area contributed by atoms with Crippen molar-refractivity contribution in [2.24, 2.45) is 0 Å². The Bertz CT molecular complexity index is 263. The lowest BCUT2D eigenvalue weighted by Gasteiger charge is -2.34. The molecule has 0 bridgehead atoms. The minimum absolute atomic E-state index is 0.129. The van der Waals surface area contributed by atoms with Crippen LogP contribution in [0.3, 0.4) is 0 Å². The number of hydrogen-bond acceptors (Lipinski definition) is 3. The second kappa shape index (κ2) is 5.68. The van der Waals surface area contributed by atoms with Crippen LogP contribution in [0.2, 0.25) is 0 Å². The van der Waals surface area contributed by atoms with Crippen molar-refractivity contribution < 1.29 is 22.7 Å². The molecule has 0 saturated carbocycles. The summed E-state index contributed by atoms with van der Waals surface area (Å²) >= 11 is 0. The molecule has 1 heterocycles. The van der Waals surface area contributed by atoms with E-state index in [1.54, 1.807) is 0 Å². The van der Waals surface area contributed by atoms with Crippen LogP contribution in [0, 0.1) is 0 Å². The molecule has 4 nitrogen and oxygen atoms in total. The Labute approximate surface area is 97.9 Å². The van der Waals surface area contributed by atoms with Crippen molar-refractivity contribution >= 4 is 5.91 Å². The monoisotopic (exact) mass is 254 g/mol. The summed E-state index contributed by atoms with van der Waals surface area (Å²) in [6.45, 7) is 1.64. The molecule has 0 radical (unpaired) electrons. The van der Waals surface area contributed by atoms with E-state index in [2.05, 4.69) is 5.32 Å². The summed E-state index contributed by atoms with van der Waals surface area (Å²) in [7, 11) is 0. The second-order valence-corrected chi connectivity index (χ2v) is 4.46. The van der Waals surface area contributed by atoms with Crippen LogP contribution in [0.25, 0.3) is 0 Å². The predicted octanol–water partition coefficient (Wildman–Crippen LogP) is 0.824. The summed E-state index contributed by atoms with van der Waals surface area (Å²) in [6.07, 6.45) is -2.64. The second-order valence-electron chi connectivity index (χ2n) is 4.46. The lowest BCUT2D eigenvalue weighted by atomic mass is 9.95. The van der Waals surface area contributed by atoms with Crippen LogP contribution in [-0.4, -0.2) is 43.9 Å². The molecule has 0 aromatic rings. The number of alkyl halides is 3. The van der Waals surface area contributed by atoms with E-state index in [0.29, 0.717) is 13.2 Å². The average molecular weight is 254 g/mol. The molecule has 0 aromatic carbocycles. The van der Waals surface area contributed by atoms with Gasteiger partial charge >= 0.3 is 6.18 Å². The molecule has 1 unspecified atom stereocenters. The molecule has 2 N–H and O–H groups in total. The Balaban J connectivity index is 2.23. The molecular weight excluding hydrogens is 237 g/mol. The Morgan fingerprint density at radius 1 is 1.47 bits per heavy atom. The van der Waals surface area contributed by atoms with Gasteiger partial charge in [-0.25, -0.2) is 0 Å². The van der Waals surface area contributed by atoms with Crippen molar-refractivity contribution in [3.8, 4) is 0 Å². The molecule has 1 atom stereocenters. The van der Waals surface area contributed by atoms with Crippen LogP contribution in [-0.2, 0) is 9.53 Å². The van der Waals surface area contributed by atoms with Gasteiger partial charge in [0.2, 0.25) is 5.91 Å². The summed E-state index contributed by atoms with van der Waals surface area (Å²) in [5.74, 6) is -0.658. The molecule has 7 heteroatoms. The normalized spacial score (nSPS) is 25.6. The summed E-state index contributed by atoms with van der Waals surface area (Å²) in [4.78, 5) is 11.2. The predicted molar refractivity (Wildman–Crippen MR) is 55.5 cm³/mol. The molecule has 0 aromatic heterocycles. The first-order valence-electron chi connectivity index (χ1n) is 5.47.